The fourth-order valence-electron chi connectivity index (χ4n) is 28.8. The second kappa shape index (κ2) is 28.5. The number of aromatic nitrogens is 4. The molecule has 16 aliphatic rings. The monoisotopic (exact) mass is 1780 g/mol. The summed E-state index contributed by atoms with van der Waals surface area (Å²) in [7, 11) is 0. The number of pyridine rings is 4. The number of fused-ring (bicyclic) bond motifs is 48. The Balaban J connectivity index is 0.0000000829. The van der Waals surface area contributed by atoms with Gasteiger partial charge in [0.15, 0.2) is 0 Å². The predicted molar refractivity (Wildman–Crippen MR) is 564 cm³/mol. The van der Waals surface area contributed by atoms with Crippen LogP contribution in [-0.4, -0.2) is 19.9 Å². The highest BCUT2D eigenvalue weighted by Gasteiger charge is 2.44. The van der Waals surface area contributed by atoms with E-state index in [0.29, 0.717) is 0 Å². The van der Waals surface area contributed by atoms with Crippen molar-refractivity contribution in [1.29, 1.82) is 0 Å². The van der Waals surface area contributed by atoms with Crippen molar-refractivity contribution in [3.63, 3.8) is 0 Å². The Hall–Kier alpha value is -16.7. The summed E-state index contributed by atoms with van der Waals surface area (Å²) in [5, 5.41) is 0. The van der Waals surface area contributed by atoms with E-state index in [2.05, 4.69) is 339 Å². The van der Waals surface area contributed by atoms with Crippen LogP contribution in [0.15, 0.2) is 340 Å². The molecule has 0 fully saturated rings. The minimum atomic E-state index is 0.899. The van der Waals surface area contributed by atoms with Crippen LogP contribution in [0, 0.1) is 0 Å². The lowest BCUT2D eigenvalue weighted by atomic mass is 9.84. The number of para-hydroxylation sites is 4. The molecule has 0 N–H and O–H groups in total. The van der Waals surface area contributed by atoms with E-state index < -0.39 is 0 Å². The molecular weight excluding hydrogens is 1700 g/mol. The van der Waals surface area contributed by atoms with Crippen LogP contribution in [0.2, 0.25) is 0 Å². The van der Waals surface area contributed by atoms with Crippen LogP contribution in [0.3, 0.4) is 0 Å². The van der Waals surface area contributed by atoms with E-state index in [1.54, 1.807) is 33.4 Å². The molecule has 8 aliphatic carbocycles. The van der Waals surface area contributed by atoms with Gasteiger partial charge < -0.3 is 19.6 Å². The summed E-state index contributed by atoms with van der Waals surface area (Å²) in [6.45, 7) is 0. The van der Waals surface area contributed by atoms with Crippen molar-refractivity contribution in [3.8, 4) is 89.0 Å². The van der Waals surface area contributed by atoms with Gasteiger partial charge in [-0.15, -0.1) is 0 Å². The smallest absolute Gasteiger partial charge is 0.0716 e. The molecule has 0 saturated carbocycles. The fourth-order valence-corrected chi connectivity index (χ4v) is 28.8. The normalized spacial score (nSPS) is 14.9. The minimum Gasteiger partial charge on any atom is -0.309 e. The first-order chi connectivity index (χ1) is 69.4. The molecule has 36 rings (SSSR count). The van der Waals surface area contributed by atoms with Gasteiger partial charge in [0.1, 0.15) is 0 Å². The maximum atomic E-state index is 4.93. The number of hydrogen-bond acceptors (Lipinski definition) is 8. The molecule has 4 aromatic heterocycles. The Morgan fingerprint density at radius 3 is 0.986 bits per heavy atom. The first-order valence-electron chi connectivity index (χ1n) is 50.3. The summed E-state index contributed by atoms with van der Waals surface area (Å²) in [6.07, 6.45) is 28.0. The Morgan fingerprint density at radius 2 is 0.457 bits per heavy atom. The predicted octanol–water partition coefficient (Wildman–Crippen LogP) is 30.0. The third-order valence-corrected chi connectivity index (χ3v) is 34.5. The SMILES string of the molecule is c1ccc2c(c1)Cc1c-2ccc2c1-c1c(ccc3c1Cc1nccc4c1N3c1ccccc1C4)C2.c1ccc2c(c1)Cc1c-2ccc2c1Cc1ccc3c(c1-2)Cc1cccc2c1N3c1cccnc1C2.c1ccc2c(c1)Cc1c-2ccc2c1Cc1ccc3c(c1-2)Cc1cccc2c1N3c1ccncc1C2.c1ccc2c(c1)Cc1c-2ccc2c1Cc1ccc3c(c1-2)Cc1cccc2c1N3c1cnccc1C2. The average molecular weight is 1790 g/mol. The van der Waals surface area contributed by atoms with Gasteiger partial charge in [0.2, 0.25) is 0 Å². The van der Waals surface area contributed by atoms with Crippen molar-refractivity contribution in [2.24, 2.45) is 0 Å². The number of rotatable bonds is 0. The van der Waals surface area contributed by atoms with E-state index in [1.165, 1.54) is 302 Å². The second-order valence-electron chi connectivity index (χ2n) is 41.3. The molecule has 8 aliphatic heterocycles. The van der Waals surface area contributed by atoms with Gasteiger partial charge in [-0.2, -0.15) is 0 Å². The second-order valence-corrected chi connectivity index (χ2v) is 41.3. The van der Waals surface area contributed by atoms with Crippen molar-refractivity contribution in [3.05, 3.63) is 519 Å². The van der Waals surface area contributed by atoms with Crippen LogP contribution in [-0.2, 0) is 103 Å². The molecule has 0 bridgehead atoms. The zero-order chi connectivity index (χ0) is 90.7. The third kappa shape index (κ3) is 10.6. The highest BCUT2D eigenvalue weighted by molar-refractivity contribution is 6.03. The topological polar surface area (TPSA) is 64.5 Å². The number of anilines is 12. The van der Waals surface area contributed by atoms with Crippen molar-refractivity contribution >= 4 is 68.2 Å². The third-order valence-electron chi connectivity index (χ3n) is 34.5. The summed E-state index contributed by atoms with van der Waals surface area (Å²) in [5.74, 6) is 0. The van der Waals surface area contributed by atoms with Crippen molar-refractivity contribution in [2.45, 2.75) is 103 Å². The largest absolute Gasteiger partial charge is 0.309 e. The van der Waals surface area contributed by atoms with Crippen LogP contribution in [0.4, 0.5) is 68.2 Å². The van der Waals surface area contributed by atoms with E-state index >= 15 is 0 Å². The zero-order valence-corrected chi connectivity index (χ0v) is 77.2. The summed E-state index contributed by atoms with van der Waals surface area (Å²) in [6, 6.07) is 114. The van der Waals surface area contributed by atoms with Crippen LogP contribution >= 0.6 is 0 Å². The highest BCUT2D eigenvalue weighted by atomic mass is 15.2. The van der Waals surface area contributed by atoms with Gasteiger partial charge >= 0.3 is 0 Å². The van der Waals surface area contributed by atoms with Crippen LogP contribution in [0.25, 0.3) is 89.0 Å². The van der Waals surface area contributed by atoms with E-state index in [0.717, 1.165) is 103 Å². The molecule has 16 aromatic carbocycles. The maximum absolute atomic E-state index is 4.93. The Bertz CT molecular complexity index is 8510. The van der Waals surface area contributed by atoms with Crippen molar-refractivity contribution in [2.75, 3.05) is 19.6 Å². The van der Waals surface area contributed by atoms with Gasteiger partial charge in [0.05, 0.1) is 80.1 Å². The van der Waals surface area contributed by atoms with Crippen LogP contribution in [0.1, 0.15) is 178 Å². The van der Waals surface area contributed by atoms with E-state index in [1.807, 2.05) is 31.0 Å². The molecule has 8 nitrogen and oxygen atoms in total. The number of benzene rings is 16. The standard InChI is InChI=1S/4C33H22N2/c1-3-7-24-19(5-1)17-26-25(24)11-9-21-16-22-10-12-30-27(32(22)31(21)26)18-28-33-23(13-14-34-28)15-20-6-2-4-8-29(20)35(30)33;1-2-8-23-19(5-1)15-26-24(23)11-12-25-27(26)16-20-10-13-30-28(32(20)25)17-21-6-3-7-22-18-29-31(9-4-14-34-29)35(30)33(21)22;1-2-7-24-19(4-1)15-27-25(24)9-10-26-28(27)16-21-8-11-30-29(32(21)26)17-23-6-3-5-22-14-20-12-13-34-18-31(20)35(30)33(22)23;1-2-7-24-19(4-1)15-27-25(24)9-10-26-28(27)16-20-8-11-31-29(32(20)26)17-22-6-3-5-21-14-23-18-34-13-12-30(23)35(31)33(21)22/h2*1-14H,15-18H2;2*1-13,18H,14-17H2. The molecule has 0 atom stereocenters. The van der Waals surface area contributed by atoms with E-state index in [-0.39, 0.29) is 0 Å². The zero-order valence-electron chi connectivity index (χ0n) is 77.2. The fraction of sp³-hybridized carbons (Fsp3) is 0.121. The highest BCUT2D eigenvalue weighted by Crippen LogP contribution is 2.63. The van der Waals surface area contributed by atoms with Crippen LogP contribution in [0.5, 0.6) is 0 Å². The van der Waals surface area contributed by atoms with E-state index in [9.17, 15) is 0 Å². The maximum Gasteiger partial charge on any atom is 0.0716 e. The summed E-state index contributed by atoms with van der Waals surface area (Å²) in [5.41, 5.74) is 85.2. The van der Waals surface area contributed by atoms with Gasteiger partial charge in [-0.1, -0.05) is 243 Å². The molecule has 0 radical (unpaired) electrons. The van der Waals surface area contributed by atoms with Gasteiger partial charge in [-0.05, 0) is 368 Å². The minimum absolute atomic E-state index is 0.899. The molecule has 656 valence electrons. The molecule has 0 saturated heterocycles. The lowest BCUT2D eigenvalue weighted by Gasteiger charge is -2.40. The Kier molecular flexibility index (Phi) is 15.6. The lowest BCUT2D eigenvalue weighted by molar-refractivity contribution is 0.960. The summed E-state index contributed by atoms with van der Waals surface area (Å²) in [4.78, 5) is 28.7. The molecule has 0 amide bonds. The number of nitrogens with zero attached hydrogens (tertiary/aromatic N) is 8. The Morgan fingerprint density at radius 1 is 0.143 bits per heavy atom. The van der Waals surface area contributed by atoms with Crippen LogP contribution < -0.4 is 19.6 Å². The average Bonchev–Trinajstić information content (AvgIpc) is 1.50. The quantitative estimate of drug-likeness (QED) is 0.149. The number of hydrogen-bond donors (Lipinski definition) is 0. The van der Waals surface area contributed by atoms with E-state index in [4.69, 9.17) is 9.97 Å². The summed E-state index contributed by atoms with van der Waals surface area (Å²) < 4.78 is 0. The van der Waals surface area contributed by atoms with Gasteiger partial charge in [-0.3, -0.25) is 19.9 Å². The summed E-state index contributed by atoms with van der Waals surface area (Å²) >= 11 is 0. The molecule has 20 aromatic rings. The first-order valence-corrected chi connectivity index (χ1v) is 50.3. The lowest BCUT2D eigenvalue weighted by Crippen LogP contribution is -2.25. The van der Waals surface area contributed by atoms with Crippen molar-refractivity contribution in [1.82, 2.24) is 19.9 Å². The molecule has 8 heteroatoms. The van der Waals surface area contributed by atoms with Crippen molar-refractivity contribution < 1.29 is 0 Å². The molecule has 0 spiro atoms. The first kappa shape index (κ1) is 76.5. The molecule has 0 unspecified atom stereocenters. The van der Waals surface area contributed by atoms with Gasteiger partial charge in [-0.25, -0.2) is 0 Å². The van der Waals surface area contributed by atoms with Gasteiger partial charge in [0, 0.05) is 88.0 Å². The molecular formula is C132H88N8. The Labute approximate surface area is 812 Å². The van der Waals surface area contributed by atoms with Gasteiger partial charge in [0.25, 0.3) is 0 Å². The molecule has 140 heavy (non-hydrogen) atoms. The molecule has 12 heterocycles.